The van der Waals surface area contributed by atoms with Crippen LogP contribution in [0.5, 0.6) is 0 Å². The van der Waals surface area contributed by atoms with Gasteiger partial charge in [-0.3, -0.25) is 9.78 Å². The number of aliphatic carboxylic acids is 1. The van der Waals surface area contributed by atoms with E-state index in [0.717, 1.165) is 41.7 Å². The van der Waals surface area contributed by atoms with Crippen LogP contribution in [0.15, 0.2) is 30.7 Å². The molecule has 3 N–H and O–H groups in total. The maximum atomic E-state index is 12.3. The zero-order valence-corrected chi connectivity index (χ0v) is 16.4. The number of fused-ring (bicyclic) bond motifs is 2. The number of hydrogen-bond acceptors (Lipinski definition) is 6. The van der Waals surface area contributed by atoms with Gasteiger partial charge < -0.3 is 15.7 Å². The summed E-state index contributed by atoms with van der Waals surface area (Å²) in [5.74, 6) is -2.90. The molecule has 0 spiro atoms. The van der Waals surface area contributed by atoms with Crippen molar-refractivity contribution in [2.24, 2.45) is 0 Å². The first-order chi connectivity index (χ1) is 14.6. The van der Waals surface area contributed by atoms with Crippen molar-refractivity contribution in [1.29, 1.82) is 0 Å². The normalized spacial score (nSPS) is 13.2. The predicted molar refractivity (Wildman–Crippen MR) is 104 cm³/mol. The number of hydrogen-bond donors (Lipinski definition) is 3. The van der Waals surface area contributed by atoms with Gasteiger partial charge in [0.05, 0.1) is 18.1 Å². The summed E-state index contributed by atoms with van der Waals surface area (Å²) in [6.07, 6.45) is 1.06. The maximum Gasteiger partial charge on any atom is 0.490 e. The maximum absolute atomic E-state index is 12.3. The Kier molecular flexibility index (Phi) is 6.49. The van der Waals surface area contributed by atoms with Gasteiger partial charge in [0.1, 0.15) is 6.54 Å². The van der Waals surface area contributed by atoms with E-state index in [1.54, 1.807) is 23.3 Å². The van der Waals surface area contributed by atoms with Gasteiger partial charge in [-0.25, -0.2) is 14.5 Å². The number of aromatic nitrogens is 4. The Bertz CT molecular complexity index is 1110. The van der Waals surface area contributed by atoms with Crippen LogP contribution in [0.2, 0.25) is 0 Å². The van der Waals surface area contributed by atoms with Crippen molar-refractivity contribution >= 4 is 28.6 Å². The van der Waals surface area contributed by atoms with Crippen molar-refractivity contribution in [3.63, 3.8) is 0 Å². The van der Waals surface area contributed by atoms with Gasteiger partial charge in [-0.05, 0) is 30.2 Å². The Morgan fingerprint density at radius 1 is 1.23 bits per heavy atom. The van der Waals surface area contributed by atoms with Crippen molar-refractivity contribution in [3.8, 4) is 0 Å². The third kappa shape index (κ3) is 5.75. The van der Waals surface area contributed by atoms with Crippen LogP contribution in [0.4, 0.5) is 18.9 Å². The SMILES string of the molecule is Cc1cnc2c(cnn2CC(=O)Nc2cnc3c(c2)CNCC3)c1.O=C(O)C(F)(F)F. The third-order valence-electron chi connectivity index (χ3n) is 4.35. The van der Waals surface area contributed by atoms with Gasteiger partial charge in [-0.15, -0.1) is 0 Å². The Labute approximate surface area is 174 Å². The van der Waals surface area contributed by atoms with E-state index in [4.69, 9.17) is 9.90 Å². The highest BCUT2D eigenvalue weighted by Crippen LogP contribution is 2.17. The van der Waals surface area contributed by atoms with E-state index < -0.39 is 12.1 Å². The van der Waals surface area contributed by atoms with Gasteiger partial charge in [0, 0.05) is 36.8 Å². The molecule has 0 saturated heterocycles. The summed E-state index contributed by atoms with van der Waals surface area (Å²) >= 11 is 0. The minimum atomic E-state index is -5.08. The molecule has 0 radical (unpaired) electrons. The van der Waals surface area contributed by atoms with Crippen LogP contribution in [0.3, 0.4) is 0 Å². The number of carbonyl (C=O) groups excluding carboxylic acids is 1. The molecule has 164 valence electrons. The molecule has 0 bridgehead atoms. The fourth-order valence-electron chi connectivity index (χ4n) is 2.95. The fraction of sp³-hybridized carbons (Fsp3) is 0.316. The molecular weight excluding hydrogens is 417 g/mol. The topological polar surface area (TPSA) is 122 Å². The average Bonchev–Trinajstić information content (AvgIpc) is 3.09. The first-order valence-electron chi connectivity index (χ1n) is 9.20. The standard InChI is InChI=1S/C17H18N6O.C2HF3O2/c1-11-4-13-8-21-23(17(13)20-6-11)10-16(24)22-14-5-12-7-18-3-2-15(12)19-9-14;3-2(4,5)1(6)7/h4-6,8-9,18H,2-3,7,10H2,1H3,(H,22,24);(H,6,7). The van der Waals surface area contributed by atoms with Gasteiger partial charge in [0.25, 0.3) is 0 Å². The molecule has 1 aliphatic heterocycles. The predicted octanol–water partition coefficient (Wildman–Crippen LogP) is 2.05. The van der Waals surface area contributed by atoms with Gasteiger partial charge in [-0.1, -0.05) is 0 Å². The van der Waals surface area contributed by atoms with E-state index in [2.05, 4.69) is 25.7 Å². The molecule has 0 unspecified atom stereocenters. The molecule has 4 rings (SSSR count). The number of carbonyl (C=O) groups is 2. The lowest BCUT2D eigenvalue weighted by atomic mass is 10.1. The largest absolute Gasteiger partial charge is 0.490 e. The van der Waals surface area contributed by atoms with Crippen LogP contribution < -0.4 is 10.6 Å². The highest BCUT2D eigenvalue weighted by atomic mass is 19.4. The zero-order valence-electron chi connectivity index (χ0n) is 16.4. The van der Waals surface area contributed by atoms with Crippen LogP contribution in [0.25, 0.3) is 11.0 Å². The van der Waals surface area contributed by atoms with E-state index in [1.807, 2.05) is 19.1 Å². The zero-order chi connectivity index (χ0) is 22.6. The van der Waals surface area contributed by atoms with E-state index in [-0.39, 0.29) is 12.5 Å². The second-order valence-corrected chi connectivity index (χ2v) is 6.84. The molecule has 3 aromatic heterocycles. The minimum absolute atomic E-state index is 0.120. The number of nitrogens with zero attached hydrogens (tertiary/aromatic N) is 4. The van der Waals surface area contributed by atoms with Crippen molar-refractivity contribution in [2.75, 3.05) is 11.9 Å². The Morgan fingerprint density at radius 2 is 1.97 bits per heavy atom. The molecule has 1 aliphatic rings. The molecular formula is C19H19F3N6O3. The number of carboxylic acids is 1. The fourth-order valence-corrected chi connectivity index (χ4v) is 2.95. The quantitative estimate of drug-likeness (QED) is 0.574. The number of alkyl halides is 3. The monoisotopic (exact) mass is 436 g/mol. The number of rotatable bonds is 3. The number of anilines is 1. The summed E-state index contributed by atoms with van der Waals surface area (Å²) in [6, 6.07) is 3.99. The molecule has 1 amide bonds. The van der Waals surface area contributed by atoms with Gasteiger partial charge in [-0.2, -0.15) is 18.3 Å². The first-order valence-corrected chi connectivity index (χ1v) is 9.20. The summed E-state index contributed by atoms with van der Waals surface area (Å²) in [7, 11) is 0. The number of amides is 1. The van der Waals surface area contributed by atoms with Crippen LogP contribution in [-0.4, -0.2) is 49.5 Å². The summed E-state index contributed by atoms with van der Waals surface area (Å²) in [6.45, 7) is 3.84. The van der Waals surface area contributed by atoms with Crippen molar-refractivity contribution in [1.82, 2.24) is 25.1 Å². The van der Waals surface area contributed by atoms with Crippen molar-refractivity contribution in [2.45, 2.75) is 32.6 Å². The molecule has 4 heterocycles. The molecule has 0 aliphatic carbocycles. The summed E-state index contributed by atoms with van der Waals surface area (Å²) in [5, 5.41) is 18.5. The number of halogens is 3. The van der Waals surface area contributed by atoms with Gasteiger partial charge in [0.2, 0.25) is 5.91 Å². The van der Waals surface area contributed by atoms with E-state index in [1.165, 1.54) is 0 Å². The smallest absolute Gasteiger partial charge is 0.475 e. The second-order valence-electron chi connectivity index (χ2n) is 6.84. The lowest BCUT2D eigenvalue weighted by Crippen LogP contribution is -2.25. The molecule has 0 fully saturated rings. The first kappa shape index (κ1) is 22.2. The molecule has 0 aromatic carbocycles. The molecule has 31 heavy (non-hydrogen) atoms. The van der Waals surface area contributed by atoms with E-state index >= 15 is 0 Å². The molecule has 0 saturated carbocycles. The summed E-state index contributed by atoms with van der Waals surface area (Å²) in [4.78, 5) is 30.0. The lowest BCUT2D eigenvalue weighted by Gasteiger charge is -2.17. The van der Waals surface area contributed by atoms with E-state index in [9.17, 15) is 18.0 Å². The minimum Gasteiger partial charge on any atom is -0.475 e. The highest BCUT2D eigenvalue weighted by molar-refractivity contribution is 5.91. The Hall–Kier alpha value is -3.54. The van der Waals surface area contributed by atoms with Crippen LogP contribution in [0.1, 0.15) is 16.8 Å². The van der Waals surface area contributed by atoms with E-state index in [0.29, 0.717) is 11.3 Å². The number of pyridine rings is 2. The number of aryl methyl sites for hydroxylation is 1. The summed E-state index contributed by atoms with van der Waals surface area (Å²) < 4.78 is 33.3. The van der Waals surface area contributed by atoms with Crippen molar-refractivity contribution in [3.05, 3.63) is 47.5 Å². The molecule has 3 aromatic rings. The Balaban J connectivity index is 0.000000339. The van der Waals surface area contributed by atoms with Gasteiger partial charge >= 0.3 is 12.1 Å². The highest BCUT2D eigenvalue weighted by Gasteiger charge is 2.38. The Morgan fingerprint density at radius 3 is 2.68 bits per heavy atom. The number of nitrogens with one attached hydrogen (secondary N) is 2. The molecule has 9 nitrogen and oxygen atoms in total. The van der Waals surface area contributed by atoms with Crippen LogP contribution in [0, 0.1) is 6.92 Å². The molecule has 12 heteroatoms. The van der Waals surface area contributed by atoms with Gasteiger partial charge in [0.15, 0.2) is 5.65 Å². The average molecular weight is 436 g/mol. The lowest BCUT2D eigenvalue weighted by molar-refractivity contribution is -0.192. The van der Waals surface area contributed by atoms with Crippen LogP contribution in [-0.2, 0) is 29.1 Å². The van der Waals surface area contributed by atoms with Crippen molar-refractivity contribution < 1.29 is 27.9 Å². The number of carboxylic acid groups (broad SMARTS) is 1. The summed E-state index contributed by atoms with van der Waals surface area (Å²) in [5.41, 5.74) is 4.73. The van der Waals surface area contributed by atoms with Crippen LogP contribution >= 0.6 is 0 Å². The third-order valence-corrected chi connectivity index (χ3v) is 4.35. The molecule has 0 atom stereocenters. The second kappa shape index (κ2) is 9.08.